The highest BCUT2D eigenvalue weighted by atomic mass is 35.5. The van der Waals surface area contributed by atoms with Crippen LogP contribution in [0.1, 0.15) is 21.6 Å². The first-order valence-electron chi connectivity index (χ1n) is 7.50. The molecule has 0 fully saturated rings. The number of fused-ring (bicyclic) bond motifs is 4. The fourth-order valence-electron chi connectivity index (χ4n) is 2.55. The summed E-state index contributed by atoms with van der Waals surface area (Å²) in [6.07, 6.45) is 8.20. The van der Waals surface area contributed by atoms with E-state index < -0.39 is 17.9 Å². The van der Waals surface area contributed by atoms with Crippen molar-refractivity contribution in [3.05, 3.63) is 64.7 Å². The quantitative estimate of drug-likeness (QED) is 0.775. The number of allylic oxidation sites excluding steroid dienone is 2. The minimum Gasteiger partial charge on any atom is -0.480 e. The molecule has 0 saturated carbocycles. The second-order valence-electron chi connectivity index (χ2n) is 5.62. The van der Waals surface area contributed by atoms with E-state index in [2.05, 4.69) is 10.3 Å². The van der Waals surface area contributed by atoms with E-state index in [9.17, 15) is 14.7 Å². The molecule has 1 aliphatic heterocycles. The van der Waals surface area contributed by atoms with Gasteiger partial charge in [0.15, 0.2) is 0 Å². The van der Waals surface area contributed by atoms with E-state index in [1.54, 1.807) is 24.7 Å². The number of hydrogen-bond donors (Lipinski definition) is 2. The van der Waals surface area contributed by atoms with Crippen molar-refractivity contribution in [2.45, 2.75) is 25.4 Å². The van der Waals surface area contributed by atoms with E-state index >= 15 is 0 Å². The van der Waals surface area contributed by atoms with Crippen molar-refractivity contribution < 1.29 is 14.7 Å². The van der Waals surface area contributed by atoms with E-state index in [-0.39, 0.29) is 12.0 Å². The van der Waals surface area contributed by atoms with Crippen molar-refractivity contribution in [2.75, 3.05) is 0 Å². The first-order chi connectivity index (χ1) is 11.5. The maximum Gasteiger partial charge on any atom is 0.326 e. The number of nitrogens with one attached hydrogen (secondary N) is 1. The molecule has 2 aromatic rings. The standard InChI is InChI=1S/C17H16ClN3O3/c18-14-5-4-11-3-1-2-6-21-9-12(19-10-21)8-15(17(23)24)20-16(22)13(14)7-11/h1-2,4-5,7,9-10,15H,3,6,8H2,(H,20,22)(H,23,24)/b2-1+/t15-/m0/s1. The van der Waals surface area contributed by atoms with Crippen molar-refractivity contribution in [3.63, 3.8) is 0 Å². The van der Waals surface area contributed by atoms with Gasteiger partial charge in [0.1, 0.15) is 6.04 Å². The first-order valence-corrected chi connectivity index (χ1v) is 7.88. The zero-order valence-electron chi connectivity index (χ0n) is 12.8. The summed E-state index contributed by atoms with van der Waals surface area (Å²) in [6, 6.07) is 4.12. The number of carboxylic acids is 1. The van der Waals surface area contributed by atoms with Gasteiger partial charge >= 0.3 is 5.97 Å². The lowest BCUT2D eigenvalue weighted by Gasteiger charge is -2.15. The van der Waals surface area contributed by atoms with Crippen LogP contribution in [0.2, 0.25) is 5.02 Å². The van der Waals surface area contributed by atoms with Crippen LogP contribution in [0.5, 0.6) is 0 Å². The second-order valence-corrected chi connectivity index (χ2v) is 6.03. The molecule has 4 bridgehead atoms. The maximum absolute atomic E-state index is 12.4. The van der Waals surface area contributed by atoms with E-state index in [0.717, 1.165) is 5.56 Å². The molecule has 7 heteroatoms. The van der Waals surface area contributed by atoms with Crippen LogP contribution in [-0.2, 0) is 24.2 Å². The summed E-state index contributed by atoms with van der Waals surface area (Å²) in [6.45, 7) is 0.650. The van der Waals surface area contributed by atoms with Crippen molar-refractivity contribution >= 4 is 23.5 Å². The van der Waals surface area contributed by atoms with E-state index in [1.165, 1.54) is 0 Å². The molecular weight excluding hydrogens is 330 g/mol. The van der Waals surface area contributed by atoms with Crippen LogP contribution < -0.4 is 5.32 Å². The zero-order chi connectivity index (χ0) is 17.1. The van der Waals surface area contributed by atoms with Crippen LogP contribution in [0.4, 0.5) is 0 Å². The summed E-state index contributed by atoms with van der Waals surface area (Å²) in [5.74, 6) is -1.62. The highest BCUT2D eigenvalue weighted by Gasteiger charge is 2.23. The van der Waals surface area contributed by atoms with Gasteiger partial charge in [-0.15, -0.1) is 0 Å². The molecule has 0 aliphatic carbocycles. The second kappa shape index (κ2) is 6.88. The Balaban J connectivity index is 1.98. The van der Waals surface area contributed by atoms with Crippen LogP contribution in [0.3, 0.4) is 0 Å². The Morgan fingerprint density at radius 3 is 3.00 bits per heavy atom. The van der Waals surface area contributed by atoms with Crippen molar-refractivity contribution in [3.8, 4) is 0 Å². The van der Waals surface area contributed by atoms with Gasteiger partial charge in [0.05, 0.1) is 22.6 Å². The Labute approximate surface area is 143 Å². The minimum atomic E-state index is -1.11. The number of rotatable bonds is 1. The number of carbonyl (C=O) groups excluding carboxylic acids is 1. The number of nitrogens with zero attached hydrogens (tertiary/aromatic N) is 2. The zero-order valence-corrected chi connectivity index (χ0v) is 13.5. The van der Waals surface area contributed by atoms with Gasteiger partial charge in [-0.3, -0.25) is 4.79 Å². The lowest BCUT2D eigenvalue weighted by atomic mass is 10.1. The van der Waals surface area contributed by atoms with Gasteiger partial charge in [-0.1, -0.05) is 29.8 Å². The van der Waals surface area contributed by atoms with Crippen molar-refractivity contribution in [1.82, 2.24) is 14.9 Å². The van der Waals surface area contributed by atoms with Gasteiger partial charge in [-0.2, -0.15) is 0 Å². The summed E-state index contributed by atoms with van der Waals surface area (Å²) in [5.41, 5.74) is 1.81. The van der Waals surface area contributed by atoms with Gasteiger partial charge in [0.25, 0.3) is 5.91 Å². The van der Waals surface area contributed by atoms with E-state index in [1.807, 2.05) is 22.8 Å². The number of carbonyl (C=O) groups is 2. The Hall–Kier alpha value is -2.60. The predicted molar refractivity (Wildman–Crippen MR) is 89.1 cm³/mol. The molecule has 1 atom stereocenters. The van der Waals surface area contributed by atoms with Gasteiger partial charge in [0, 0.05) is 19.2 Å². The fourth-order valence-corrected chi connectivity index (χ4v) is 2.75. The Morgan fingerprint density at radius 1 is 1.38 bits per heavy atom. The van der Waals surface area contributed by atoms with Crippen LogP contribution >= 0.6 is 11.6 Å². The van der Waals surface area contributed by atoms with Crippen molar-refractivity contribution in [1.29, 1.82) is 0 Å². The van der Waals surface area contributed by atoms with Crippen LogP contribution in [-0.4, -0.2) is 32.6 Å². The lowest BCUT2D eigenvalue weighted by molar-refractivity contribution is -0.139. The Morgan fingerprint density at radius 2 is 2.21 bits per heavy atom. The monoisotopic (exact) mass is 345 g/mol. The molecule has 1 amide bonds. The van der Waals surface area contributed by atoms with Gasteiger partial charge in [-0.05, 0) is 24.1 Å². The molecule has 1 aromatic carbocycles. The van der Waals surface area contributed by atoms with Gasteiger partial charge < -0.3 is 15.0 Å². The Bertz CT molecular complexity index is 813. The maximum atomic E-state index is 12.4. The lowest BCUT2D eigenvalue weighted by Crippen LogP contribution is -2.42. The molecule has 0 saturated heterocycles. The molecule has 1 aliphatic rings. The highest BCUT2D eigenvalue weighted by Crippen LogP contribution is 2.19. The number of benzene rings is 1. The van der Waals surface area contributed by atoms with E-state index in [0.29, 0.717) is 23.7 Å². The molecular formula is C17H16ClN3O3. The number of hydrogen-bond acceptors (Lipinski definition) is 3. The van der Waals surface area contributed by atoms with E-state index in [4.69, 9.17) is 11.6 Å². The molecule has 124 valence electrons. The highest BCUT2D eigenvalue weighted by molar-refractivity contribution is 6.33. The molecule has 2 heterocycles. The van der Waals surface area contributed by atoms with Gasteiger partial charge in [-0.25, -0.2) is 9.78 Å². The van der Waals surface area contributed by atoms with Crippen molar-refractivity contribution in [2.24, 2.45) is 0 Å². The number of aromatic nitrogens is 2. The third-order valence-corrected chi connectivity index (χ3v) is 4.14. The van der Waals surface area contributed by atoms with Crippen LogP contribution in [0, 0.1) is 0 Å². The van der Waals surface area contributed by atoms with Crippen LogP contribution in [0.15, 0.2) is 42.9 Å². The topological polar surface area (TPSA) is 84.2 Å². The molecule has 2 N–H and O–H groups in total. The summed E-state index contributed by atoms with van der Waals surface area (Å²) >= 11 is 6.10. The summed E-state index contributed by atoms with van der Waals surface area (Å²) in [4.78, 5) is 28.1. The number of amides is 1. The third-order valence-electron chi connectivity index (χ3n) is 3.82. The SMILES string of the molecule is O=C1N[C@H](C(=O)O)Cc2cn(cn2)C/C=C/Cc2ccc(Cl)c1c2. The number of aliphatic carboxylic acids is 1. The smallest absolute Gasteiger partial charge is 0.326 e. The third kappa shape index (κ3) is 3.65. The summed E-state index contributed by atoms with van der Waals surface area (Å²) in [7, 11) is 0. The van der Waals surface area contributed by atoms with Gasteiger partial charge in [0.2, 0.25) is 0 Å². The fraction of sp³-hybridized carbons (Fsp3) is 0.235. The average molecular weight is 346 g/mol. The molecule has 1 aromatic heterocycles. The molecule has 0 radical (unpaired) electrons. The predicted octanol–water partition coefficient (Wildman–Crippen LogP) is 2.07. The number of halogens is 1. The molecule has 0 unspecified atom stereocenters. The normalized spacial score (nSPS) is 19.2. The average Bonchev–Trinajstić information content (AvgIpc) is 2.99. The largest absolute Gasteiger partial charge is 0.480 e. The summed E-state index contributed by atoms with van der Waals surface area (Å²) < 4.78 is 1.87. The first kappa shape index (κ1) is 16.3. The number of imidazole rings is 1. The summed E-state index contributed by atoms with van der Waals surface area (Å²) in [5, 5.41) is 12.2. The molecule has 6 nitrogen and oxygen atoms in total. The molecule has 3 rings (SSSR count). The Kier molecular flexibility index (Phi) is 4.66. The minimum absolute atomic E-state index is 0.106. The van der Waals surface area contributed by atoms with Crippen LogP contribution in [0.25, 0.3) is 0 Å². The molecule has 0 spiro atoms. The number of carboxylic acid groups (broad SMARTS) is 1. The molecule has 24 heavy (non-hydrogen) atoms.